The Morgan fingerprint density at radius 1 is 1.22 bits per heavy atom. The zero-order chi connectivity index (χ0) is 26.0. The molecule has 186 valence electrons. The number of nitro groups is 1. The van der Waals surface area contributed by atoms with E-state index in [0.717, 1.165) is 11.3 Å². The van der Waals surface area contributed by atoms with Crippen molar-refractivity contribution in [3.05, 3.63) is 94.7 Å². The number of rotatable bonds is 7. The minimum absolute atomic E-state index is 0.162. The van der Waals surface area contributed by atoms with Crippen LogP contribution in [0.15, 0.2) is 63.5 Å². The molecule has 0 unspecified atom stereocenters. The lowest BCUT2D eigenvalue weighted by Crippen LogP contribution is -2.39. The molecule has 2 aromatic carbocycles. The van der Waals surface area contributed by atoms with Crippen molar-refractivity contribution in [3.63, 3.8) is 0 Å². The molecule has 0 aliphatic carbocycles. The second kappa shape index (κ2) is 10.2. The lowest BCUT2D eigenvalue weighted by molar-refractivity contribution is -0.385. The minimum Gasteiger partial charge on any atom is -0.502 e. The molecule has 3 aromatic rings. The summed E-state index contributed by atoms with van der Waals surface area (Å²) in [6.45, 7) is 5.92. The van der Waals surface area contributed by atoms with Gasteiger partial charge in [0.25, 0.3) is 5.56 Å². The molecule has 1 aliphatic heterocycles. The van der Waals surface area contributed by atoms with Crippen molar-refractivity contribution in [2.75, 3.05) is 13.2 Å². The summed E-state index contributed by atoms with van der Waals surface area (Å²) in [5.74, 6) is -0.383. The van der Waals surface area contributed by atoms with Gasteiger partial charge in [0.1, 0.15) is 5.75 Å². The third kappa shape index (κ3) is 4.65. The number of phenols is 1. The molecule has 4 rings (SSSR count). The molecular formula is C25H23N3O7S. The van der Waals surface area contributed by atoms with Crippen LogP contribution < -0.4 is 19.6 Å². The van der Waals surface area contributed by atoms with Gasteiger partial charge >= 0.3 is 11.7 Å². The van der Waals surface area contributed by atoms with Crippen molar-refractivity contribution in [2.24, 2.45) is 4.99 Å². The van der Waals surface area contributed by atoms with Crippen molar-refractivity contribution in [1.29, 1.82) is 0 Å². The number of aromatic hydroxyl groups is 1. The molecule has 0 radical (unpaired) electrons. The van der Waals surface area contributed by atoms with Crippen molar-refractivity contribution in [2.45, 2.75) is 26.8 Å². The van der Waals surface area contributed by atoms with Gasteiger partial charge in [0.15, 0.2) is 10.6 Å². The monoisotopic (exact) mass is 509 g/mol. The van der Waals surface area contributed by atoms with Crippen molar-refractivity contribution < 1.29 is 24.3 Å². The second-order valence-corrected chi connectivity index (χ2v) is 8.82. The van der Waals surface area contributed by atoms with Gasteiger partial charge in [-0.2, -0.15) is 0 Å². The number of nitro benzene ring substituents is 1. The number of thiazole rings is 1. The molecule has 1 aromatic heterocycles. The van der Waals surface area contributed by atoms with E-state index in [4.69, 9.17) is 9.47 Å². The SMILES string of the molecule is CCOC(=O)C1=C(C)N=c2s/c(=C\c3ccc(O)c([N+](=O)[O-])c3)c(=O)n2[C@@H]1c1ccc(OCC)cc1. The van der Waals surface area contributed by atoms with Gasteiger partial charge in [-0.1, -0.05) is 29.5 Å². The van der Waals surface area contributed by atoms with Crippen molar-refractivity contribution in [3.8, 4) is 11.5 Å². The Morgan fingerprint density at radius 2 is 1.94 bits per heavy atom. The smallest absolute Gasteiger partial charge is 0.338 e. The summed E-state index contributed by atoms with van der Waals surface area (Å²) in [5, 5.41) is 20.9. The largest absolute Gasteiger partial charge is 0.502 e. The van der Waals surface area contributed by atoms with E-state index >= 15 is 0 Å². The maximum absolute atomic E-state index is 13.6. The van der Waals surface area contributed by atoms with Crippen LogP contribution in [0.2, 0.25) is 0 Å². The average Bonchev–Trinajstić information content (AvgIpc) is 3.14. The Labute approximate surface area is 209 Å². The zero-order valence-corrected chi connectivity index (χ0v) is 20.6. The fourth-order valence-corrected chi connectivity index (χ4v) is 4.99. The maximum Gasteiger partial charge on any atom is 0.338 e. The van der Waals surface area contributed by atoms with Crippen LogP contribution in [-0.4, -0.2) is 33.8 Å². The van der Waals surface area contributed by atoms with Crippen molar-refractivity contribution >= 4 is 29.1 Å². The molecule has 1 aliphatic rings. The third-order valence-electron chi connectivity index (χ3n) is 5.52. The van der Waals surface area contributed by atoms with Crippen LogP contribution in [0.1, 0.15) is 37.9 Å². The highest BCUT2D eigenvalue weighted by Crippen LogP contribution is 2.32. The Hall–Kier alpha value is -4.25. The van der Waals surface area contributed by atoms with Crippen LogP contribution in [0.5, 0.6) is 11.5 Å². The number of fused-ring (bicyclic) bond motifs is 1. The van der Waals surface area contributed by atoms with E-state index in [1.54, 1.807) is 38.1 Å². The predicted octanol–water partition coefficient (Wildman–Crippen LogP) is 2.81. The molecule has 0 spiro atoms. The number of phenolic OH excluding ortho intramolecular Hbond substituents is 1. The molecule has 0 amide bonds. The molecular weight excluding hydrogens is 486 g/mol. The normalized spacial score (nSPS) is 15.3. The quantitative estimate of drug-likeness (QED) is 0.294. The Bertz CT molecular complexity index is 1550. The molecule has 0 saturated carbocycles. The zero-order valence-electron chi connectivity index (χ0n) is 19.8. The summed E-state index contributed by atoms with van der Waals surface area (Å²) < 4.78 is 12.5. The van der Waals surface area contributed by atoms with Crippen LogP contribution >= 0.6 is 11.3 Å². The number of carbonyl (C=O) groups is 1. The van der Waals surface area contributed by atoms with Crippen LogP contribution in [0, 0.1) is 10.1 Å². The van der Waals surface area contributed by atoms with Gasteiger partial charge in [-0.3, -0.25) is 19.5 Å². The fraction of sp³-hybridized carbons (Fsp3) is 0.240. The number of benzene rings is 2. The van der Waals surface area contributed by atoms with Gasteiger partial charge in [-0.05, 0) is 56.2 Å². The summed E-state index contributed by atoms with van der Waals surface area (Å²) in [5.41, 5.74) is 0.833. The molecule has 0 saturated heterocycles. The molecule has 2 heterocycles. The van der Waals surface area contributed by atoms with Crippen LogP contribution in [0.25, 0.3) is 6.08 Å². The number of esters is 1. The molecule has 0 fully saturated rings. The first-order valence-corrected chi connectivity index (χ1v) is 12.0. The van der Waals surface area contributed by atoms with E-state index in [2.05, 4.69) is 4.99 Å². The number of hydrogen-bond donors (Lipinski definition) is 1. The number of ether oxygens (including phenoxy) is 2. The van der Waals surface area contributed by atoms with E-state index in [-0.39, 0.29) is 16.7 Å². The number of aromatic nitrogens is 1. The number of carbonyl (C=O) groups excluding carboxylic acids is 1. The van der Waals surface area contributed by atoms with Gasteiger partial charge < -0.3 is 14.6 Å². The maximum atomic E-state index is 13.6. The van der Waals surface area contributed by atoms with E-state index in [0.29, 0.717) is 34.0 Å². The van der Waals surface area contributed by atoms with Crippen molar-refractivity contribution in [1.82, 2.24) is 4.57 Å². The molecule has 10 nitrogen and oxygen atoms in total. The molecule has 1 atom stereocenters. The van der Waals surface area contributed by atoms with E-state index in [9.17, 15) is 24.8 Å². The van der Waals surface area contributed by atoms with E-state index in [1.807, 2.05) is 6.92 Å². The topological polar surface area (TPSA) is 133 Å². The highest BCUT2D eigenvalue weighted by molar-refractivity contribution is 7.07. The van der Waals surface area contributed by atoms with Gasteiger partial charge in [-0.25, -0.2) is 9.79 Å². The summed E-state index contributed by atoms with van der Waals surface area (Å²) in [7, 11) is 0. The summed E-state index contributed by atoms with van der Waals surface area (Å²) >= 11 is 1.10. The van der Waals surface area contributed by atoms with Gasteiger partial charge in [0, 0.05) is 6.07 Å². The predicted molar refractivity (Wildman–Crippen MR) is 133 cm³/mol. The molecule has 36 heavy (non-hydrogen) atoms. The first-order chi connectivity index (χ1) is 17.2. The summed E-state index contributed by atoms with van der Waals surface area (Å²) in [6, 6.07) is 10.2. The highest BCUT2D eigenvalue weighted by atomic mass is 32.1. The van der Waals surface area contributed by atoms with Crippen LogP contribution in [-0.2, 0) is 9.53 Å². The lowest BCUT2D eigenvalue weighted by atomic mass is 9.96. The fourth-order valence-electron chi connectivity index (χ4n) is 3.95. The van der Waals surface area contributed by atoms with Gasteiger partial charge in [-0.15, -0.1) is 0 Å². The summed E-state index contributed by atoms with van der Waals surface area (Å²) in [4.78, 5) is 41.9. The highest BCUT2D eigenvalue weighted by Gasteiger charge is 2.33. The molecule has 1 N–H and O–H groups in total. The molecule has 0 bridgehead atoms. The molecule has 11 heteroatoms. The minimum atomic E-state index is -0.785. The number of hydrogen-bond acceptors (Lipinski definition) is 9. The van der Waals surface area contributed by atoms with Crippen LogP contribution in [0.3, 0.4) is 0 Å². The standard InChI is InChI=1S/C25H23N3O7S/c1-4-34-17-9-7-16(8-10-17)22-21(24(31)35-5-2)14(3)26-25-27(22)23(30)20(36-25)13-15-6-11-19(29)18(12-15)28(32)33/h6-13,22,29H,4-5H2,1-3H3/b20-13-/t22-/m1/s1. The second-order valence-electron chi connectivity index (χ2n) is 7.81. The number of allylic oxidation sites excluding steroid dienone is 1. The van der Waals surface area contributed by atoms with E-state index < -0.39 is 33.9 Å². The first-order valence-electron chi connectivity index (χ1n) is 11.1. The van der Waals surface area contributed by atoms with E-state index in [1.165, 1.54) is 28.8 Å². The Kier molecular flexibility index (Phi) is 7.02. The summed E-state index contributed by atoms with van der Waals surface area (Å²) in [6.07, 6.45) is 1.49. The Morgan fingerprint density at radius 3 is 2.58 bits per heavy atom. The third-order valence-corrected chi connectivity index (χ3v) is 6.50. The number of nitrogens with zero attached hydrogens (tertiary/aromatic N) is 3. The lowest BCUT2D eigenvalue weighted by Gasteiger charge is -2.24. The average molecular weight is 510 g/mol. The first kappa shape index (κ1) is 24.9. The van der Waals surface area contributed by atoms with Crippen LogP contribution in [0.4, 0.5) is 5.69 Å². The van der Waals surface area contributed by atoms with Gasteiger partial charge in [0.2, 0.25) is 0 Å². The van der Waals surface area contributed by atoms with Gasteiger partial charge in [0.05, 0.1) is 40.0 Å². The Balaban J connectivity index is 1.91.